The van der Waals surface area contributed by atoms with Crippen molar-refractivity contribution in [3.63, 3.8) is 0 Å². The molecule has 220 valence electrons. The van der Waals surface area contributed by atoms with Crippen LogP contribution in [0.2, 0.25) is 0 Å². The number of rotatable bonds is 5. The van der Waals surface area contributed by atoms with E-state index >= 15 is 0 Å². The first-order valence-electron chi connectivity index (χ1n) is 12.7. The van der Waals surface area contributed by atoms with Crippen molar-refractivity contribution < 1.29 is 19.8 Å². The van der Waals surface area contributed by atoms with Crippen LogP contribution in [0, 0.1) is 45.8 Å². The monoisotopic (exact) mass is 619 g/mol. The molecule has 0 fully saturated rings. The third-order valence-electron chi connectivity index (χ3n) is 6.45. The lowest BCUT2D eigenvalue weighted by molar-refractivity contribution is -0.909. The number of aromatic amines is 3. The molecule has 6 rings (SSSR count). The molecule has 0 unspecified atom stereocenters. The molecule has 43 heavy (non-hydrogen) atoms. The molecule has 0 spiro atoms. The Morgan fingerprint density at radius 3 is 2.05 bits per heavy atom. The number of thioether (sulfide) groups is 1. The van der Waals surface area contributed by atoms with Gasteiger partial charge in [0.2, 0.25) is 11.9 Å². The quantitative estimate of drug-likeness (QED) is 0.0422. The predicted molar refractivity (Wildman–Crippen MR) is 165 cm³/mol. The second kappa shape index (κ2) is 13.7. The van der Waals surface area contributed by atoms with E-state index in [2.05, 4.69) is 24.9 Å². The van der Waals surface area contributed by atoms with E-state index in [0.717, 1.165) is 32.0 Å². The zero-order valence-corrected chi connectivity index (χ0v) is 24.9. The fraction of sp³-hybridized carbons (Fsp3) is 0.143. The topological polar surface area (TPSA) is 184 Å². The van der Waals surface area contributed by atoms with Gasteiger partial charge in [0.1, 0.15) is 0 Å². The second-order valence-corrected chi connectivity index (χ2v) is 10.5. The number of nitrogens with one attached hydrogen (secondary N) is 3. The Kier molecular flexibility index (Phi) is 9.80. The zero-order chi connectivity index (χ0) is 31.1. The van der Waals surface area contributed by atoms with Crippen molar-refractivity contribution in [2.75, 3.05) is 0 Å². The maximum Gasteiger partial charge on any atom is 0.284 e. The van der Waals surface area contributed by atoms with E-state index < -0.39 is 4.92 Å². The molecule has 2 aromatic carbocycles. The molecule has 0 bridgehead atoms. The number of H-pyrrole nitrogens is 3. The van der Waals surface area contributed by atoms with Crippen LogP contribution >= 0.6 is 24.0 Å². The Morgan fingerprint density at radius 1 is 0.860 bits per heavy atom. The van der Waals surface area contributed by atoms with Gasteiger partial charge >= 0.3 is 0 Å². The molecule has 0 aliphatic carbocycles. The minimum absolute atomic E-state index is 0.0257. The molecule has 0 saturated heterocycles. The van der Waals surface area contributed by atoms with Crippen LogP contribution in [0.25, 0.3) is 22.1 Å². The van der Waals surface area contributed by atoms with Gasteiger partial charge in [-0.15, -0.1) is 0 Å². The van der Waals surface area contributed by atoms with Crippen LogP contribution < -0.4 is 4.73 Å². The molecule has 0 aliphatic rings. The minimum Gasteiger partial charge on any atom is -0.333 e. The van der Waals surface area contributed by atoms with Crippen molar-refractivity contribution in [2.24, 2.45) is 0 Å². The normalized spacial score (nSPS) is 10.5. The van der Waals surface area contributed by atoms with Gasteiger partial charge in [-0.3, -0.25) is 30.4 Å². The molecular formula is C28H27N8O5S2+. The van der Waals surface area contributed by atoms with Gasteiger partial charge in [-0.25, -0.2) is 4.98 Å². The molecule has 0 radical (unpaired) electrons. The summed E-state index contributed by atoms with van der Waals surface area (Å²) < 4.78 is 1.55. The highest BCUT2D eigenvalue weighted by Crippen LogP contribution is 2.26. The summed E-state index contributed by atoms with van der Waals surface area (Å²) in [6.07, 6.45) is 2.72. The van der Waals surface area contributed by atoms with Gasteiger partial charge < -0.3 is 15.0 Å². The number of pyridine rings is 2. The molecule has 0 amide bonds. The van der Waals surface area contributed by atoms with Crippen LogP contribution in [-0.2, 0) is 5.75 Å². The van der Waals surface area contributed by atoms with Crippen molar-refractivity contribution in [3.05, 3.63) is 121 Å². The third kappa shape index (κ3) is 7.58. The van der Waals surface area contributed by atoms with Gasteiger partial charge in [0.05, 0.1) is 49.2 Å². The average Bonchev–Trinajstić information content (AvgIpc) is 3.58. The van der Waals surface area contributed by atoms with Gasteiger partial charge in [0, 0.05) is 35.2 Å². The van der Waals surface area contributed by atoms with E-state index in [1.54, 1.807) is 20.8 Å². The minimum atomic E-state index is -0.470. The first-order chi connectivity index (χ1) is 20.5. The predicted octanol–water partition coefficient (Wildman–Crippen LogP) is 6.43. The van der Waals surface area contributed by atoms with Gasteiger partial charge in [0.15, 0.2) is 9.93 Å². The Morgan fingerprint density at radius 2 is 1.44 bits per heavy atom. The van der Waals surface area contributed by atoms with E-state index in [4.69, 9.17) is 17.4 Å². The first kappa shape index (κ1) is 30.8. The van der Waals surface area contributed by atoms with E-state index in [9.17, 15) is 20.2 Å². The molecule has 4 heterocycles. The first-order valence-corrected chi connectivity index (χ1v) is 14.1. The third-order valence-corrected chi connectivity index (χ3v) is 7.54. The Hall–Kier alpha value is -5.15. The van der Waals surface area contributed by atoms with Crippen molar-refractivity contribution in [1.29, 1.82) is 0 Å². The summed E-state index contributed by atoms with van der Waals surface area (Å²) >= 11 is 6.38. The molecule has 0 saturated carbocycles. The zero-order valence-electron chi connectivity index (χ0n) is 23.3. The van der Waals surface area contributed by atoms with Crippen molar-refractivity contribution in [2.45, 2.75) is 31.7 Å². The Balaban J connectivity index is 0.000000162. The fourth-order valence-electron chi connectivity index (χ4n) is 3.96. The lowest BCUT2D eigenvalue weighted by atomic mass is 10.2. The van der Waals surface area contributed by atoms with Crippen molar-refractivity contribution in [3.8, 4) is 0 Å². The van der Waals surface area contributed by atoms with E-state index in [0.29, 0.717) is 33.0 Å². The number of hydrogen-bond donors (Lipinski definition) is 4. The van der Waals surface area contributed by atoms with Crippen LogP contribution in [0.3, 0.4) is 0 Å². The molecule has 13 nitrogen and oxygen atoms in total. The molecule has 0 aliphatic heterocycles. The van der Waals surface area contributed by atoms with Crippen LogP contribution in [0.15, 0.2) is 78.2 Å². The van der Waals surface area contributed by atoms with Crippen molar-refractivity contribution in [1.82, 2.24) is 24.9 Å². The van der Waals surface area contributed by atoms with Crippen LogP contribution in [0.4, 0.5) is 11.4 Å². The standard InChI is InChI=1S/C14H12N4O2S.C7H9N2O3.C7H6N2S/c1-9-12(15-7-6-13(9)18(19)20)8-21-14-16-10-4-2-3-5-11(10)17-14;1-5-6(2)8(10)4-3-7(5)9(11)12;10-7-8-5-3-1-2-4-6(5)9-7/h2-7H,8H2,1H3,(H,16,17);3-4,10H,1-2H3;1-4H,(H2,8,9,10)/q;+1;. The Labute approximate surface area is 253 Å². The van der Waals surface area contributed by atoms with Crippen LogP contribution in [0.5, 0.6) is 0 Å². The largest absolute Gasteiger partial charge is 0.333 e. The van der Waals surface area contributed by atoms with Gasteiger partial charge in [-0.1, -0.05) is 36.0 Å². The summed E-state index contributed by atoms with van der Waals surface area (Å²) in [6.45, 7) is 4.93. The number of nitrogens with zero attached hydrogens (tertiary/aromatic N) is 5. The highest BCUT2D eigenvalue weighted by atomic mass is 32.2. The molecule has 4 N–H and O–H groups in total. The van der Waals surface area contributed by atoms with Gasteiger partial charge in [0.25, 0.3) is 11.4 Å². The average molecular weight is 620 g/mol. The highest BCUT2D eigenvalue weighted by Gasteiger charge is 2.19. The summed E-state index contributed by atoms with van der Waals surface area (Å²) in [5.41, 5.74) is 6.39. The van der Waals surface area contributed by atoms with Gasteiger partial charge in [-0.05, 0) is 50.3 Å². The number of aromatic nitrogens is 6. The summed E-state index contributed by atoms with van der Waals surface area (Å²) in [4.78, 5) is 38.4. The maximum atomic E-state index is 10.9. The SMILES string of the molecule is Cc1c([N+](=O)[O-])cc[n+](O)c1C.Cc1c([N+](=O)[O-])ccnc1CSc1nc2ccccc2[nH]1.S=c1[nH]c2ccccc2[nH]1. The lowest BCUT2D eigenvalue weighted by Crippen LogP contribution is -2.34. The number of hydrogen-bond acceptors (Lipinski definition) is 9. The van der Waals surface area contributed by atoms with E-state index in [1.807, 2.05) is 48.5 Å². The maximum absolute atomic E-state index is 10.9. The van der Waals surface area contributed by atoms with E-state index in [1.165, 1.54) is 36.3 Å². The second-order valence-electron chi connectivity index (χ2n) is 9.14. The number of para-hydroxylation sites is 4. The number of benzene rings is 2. The van der Waals surface area contributed by atoms with E-state index in [-0.39, 0.29) is 16.3 Å². The molecule has 6 aromatic rings. The number of nitro groups is 2. The van der Waals surface area contributed by atoms with Crippen LogP contribution in [-0.4, -0.2) is 40.0 Å². The van der Waals surface area contributed by atoms with Crippen molar-refractivity contribution >= 4 is 57.4 Å². The Bertz CT molecular complexity index is 1920. The molecule has 0 atom stereocenters. The lowest BCUT2D eigenvalue weighted by Gasteiger charge is -2.03. The summed E-state index contributed by atoms with van der Waals surface area (Å²) in [7, 11) is 0. The smallest absolute Gasteiger partial charge is 0.284 e. The summed E-state index contributed by atoms with van der Waals surface area (Å²) in [5, 5.41) is 31.2. The molecule has 4 aromatic heterocycles. The van der Waals surface area contributed by atoms with Gasteiger partial charge in [-0.2, -0.15) is 0 Å². The number of imidazole rings is 2. The van der Waals surface area contributed by atoms with Crippen LogP contribution in [0.1, 0.15) is 22.5 Å². The number of fused-ring (bicyclic) bond motifs is 2. The molecule has 15 heteroatoms. The summed E-state index contributed by atoms with van der Waals surface area (Å²) in [5.74, 6) is 0.535. The fourth-order valence-corrected chi connectivity index (χ4v) is 5.08. The highest BCUT2D eigenvalue weighted by molar-refractivity contribution is 7.98. The molecular weight excluding hydrogens is 592 g/mol. The summed E-state index contributed by atoms with van der Waals surface area (Å²) in [6, 6.07) is 18.4.